The van der Waals surface area contributed by atoms with Gasteiger partial charge < -0.3 is 10.4 Å². The normalized spacial score (nSPS) is 13.6. The maximum atomic E-state index is 12.6. The molecule has 21 heavy (non-hydrogen) atoms. The van der Waals surface area contributed by atoms with E-state index in [1.165, 1.54) is 6.07 Å². The lowest BCUT2D eigenvalue weighted by atomic mass is 9.84. The molecule has 1 atom stereocenters. The van der Waals surface area contributed by atoms with Crippen molar-refractivity contribution in [2.45, 2.75) is 39.4 Å². The second kappa shape index (κ2) is 6.35. The van der Waals surface area contributed by atoms with Crippen LogP contribution in [0.2, 0.25) is 0 Å². The van der Waals surface area contributed by atoms with Crippen molar-refractivity contribution in [3.63, 3.8) is 0 Å². The fraction of sp³-hybridized carbons (Fsp3) is 0.533. The monoisotopic (exact) mass is 300 g/mol. The number of aliphatic hydroxyl groups excluding tert-OH is 1. The Bertz CT molecular complexity index is 527. The highest BCUT2D eigenvalue weighted by Gasteiger charge is 2.31. The molecule has 0 aliphatic heterocycles. The fourth-order valence-corrected chi connectivity index (χ4v) is 1.98. The Kier molecular flexibility index (Phi) is 5.24. The molecule has 0 saturated carbocycles. The van der Waals surface area contributed by atoms with Crippen molar-refractivity contribution >= 4 is 5.69 Å². The van der Waals surface area contributed by atoms with Crippen molar-refractivity contribution < 1.29 is 18.3 Å². The number of benzene rings is 1. The highest BCUT2D eigenvalue weighted by molar-refractivity contribution is 5.59. The number of nitrogens with one attached hydrogen (secondary N) is 1. The molecule has 0 amide bonds. The number of aliphatic hydroxyl groups is 1. The van der Waals surface area contributed by atoms with E-state index in [9.17, 15) is 13.2 Å². The van der Waals surface area contributed by atoms with Gasteiger partial charge in [-0.3, -0.25) is 0 Å². The summed E-state index contributed by atoms with van der Waals surface area (Å²) in [5.41, 5.74) is -0.770. The number of hydrogen-bond donors (Lipinski definition) is 2. The van der Waals surface area contributed by atoms with Crippen LogP contribution >= 0.6 is 0 Å². The van der Waals surface area contributed by atoms with E-state index in [1.807, 2.05) is 20.8 Å². The van der Waals surface area contributed by atoms with Gasteiger partial charge in [0.2, 0.25) is 0 Å². The van der Waals surface area contributed by atoms with E-state index in [4.69, 9.17) is 10.4 Å². The second-order valence-electron chi connectivity index (χ2n) is 5.95. The van der Waals surface area contributed by atoms with Crippen LogP contribution < -0.4 is 5.32 Å². The van der Waals surface area contributed by atoms with Crippen molar-refractivity contribution in [2.24, 2.45) is 5.41 Å². The molecular weight excluding hydrogens is 281 g/mol. The first-order chi connectivity index (χ1) is 9.59. The molecule has 0 aliphatic carbocycles. The molecule has 0 saturated heterocycles. The minimum absolute atomic E-state index is 0.0442. The Balaban J connectivity index is 3.11. The van der Waals surface area contributed by atoms with Crippen molar-refractivity contribution in [3.8, 4) is 6.07 Å². The van der Waals surface area contributed by atoms with Crippen LogP contribution in [0, 0.1) is 16.7 Å². The highest BCUT2D eigenvalue weighted by Crippen LogP contribution is 2.33. The van der Waals surface area contributed by atoms with Crippen LogP contribution in [-0.4, -0.2) is 17.8 Å². The molecule has 0 aliphatic rings. The van der Waals surface area contributed by atoms with Gasteiger partial charge in [0, 0.05) is 12.6 Å². The molecule has 116 valence electrons. The van der Waals surface area contributed by atoms with Crippen LogP contribution in [-0.2, 0) is 6.18 Å². The van der Waals surface area contributed by atoms with E-state index in [0.717, 1.165) is 12.1 Å². The predicted octanol–water partition coefficient (Wildman–Crippen LogP) is 3.79. The number of nitriles is 1. The Morgan fingerprint density at radius 3 is 2.33 bits per heavy atom. The molecular formula is C15H19F3N2O. The minimum Gasteiger partial charge on any atom is -0.396 e. The number of halogens is 3. The topological polar surface area (TPSA) is 56.0 Å². The molecule has 0 bridgehead atoms. The average molecular weight is 300 g/mol. The predicted molar refractivity (Wildman–Crippen MR) is 74.7 cm³/mol. The van der Waals surface area contributed by atoms with Gasteiger partial charge in [-0.25, -0.2) is 0 Å². The van der Waals surface area contributed by atoms with Gasteiger partial charge in [-0.2, -0.15) is 18.4 Å². The summed E-state index contributed by atoms with van der Waals surface area (Å²) in [6.45, 7) is 5.82. The molecule has 0 radical (unpaired) electrons. The van der Waals surface area contributed by atoms with Gasteiger partial charge in [0.15, 0.2) is 0 Å². The fourth-order valence-electron chi connectivity index (χ4n) is 1.98. The van der Waals surface area contributed by atoms with Crippen LogP contribution in [0.4, 0.5) is 18.9 Å². The Morgan fingerprint density at radius 1 is 1.29 bits per heavy atom. The van der Waals surface area contributed by atoms with E-state index in [1.54, 1.807) is 6.07 Å². The smallest absolute Gasteiger partial charge is 0.396 e. The van der Waals surface area contributed by atoms with Gasteiger partial charge in [-0.05, 0) is 30.0 Å². The highest BCUT2D eigenvalue weighted by atomic mass is 19.4. The first kappa shape index (κ1) is 17.3. The summed E-state index contributed by atoms with van der Waals surface area (Å²) < 4.78 is 37.9. The summed E-state index contributed by atoms with van der Waals surface area (Å²) >= 11 is 0. The van der Waals surface area contributed by atoms with E-state index < -0.39 is 11.7 Å². The molecule has 3 nitrogen and oxygen atoms in total. The van der Waals surface area contributed by atoms with E-state index in [0.29, 0.717) is 12.1 Å². The molecule has 0 fully saturated rings. The lowest BCUT2D eigenvalue weighted by Crippen LogP contribution is -2.35. The van der Waals surface area contributed by atoms with Gasteiger partial charge in [0.1, 0.15) is 6.07 Å². The molecule has 1 aromatic carbocycles. The number of nitrogens with zero attached hydrogens (tertiary/aromatic N) is 1. The zero-order chi connectivity index (χ0) is 16.3. The Labute approximate surface area is 122 Å². The first-order valence-corrected chi connectivity index (χ1v) is 6.58. The van der Waals surface area contributed by atoms with Crippen LogP contribution in [0.3, 0.4) is 0 Å². The zero-order valence-electron chi connectivity index (χ0n) is 12.3. The van der Waals surface area contributed by atoms with Gasteiger partial charge in [0.05, 0.1) is 16.8 Å². The third-order valence-corrected chi connectivity index (χ3v) is 3.26. The first-order valence-electron chi connectivity index (χ1n) is 6.58. The second-order valence-corrected chi connectivity index (χ2v) is 5.95. The summed E-state index contributed by atoms with van der Waals surface area (Å²) in [4.78, 5) is 0. The SMILES string of the molecule is CC(C)(C)C(CCO)Nc1ccc(C(F)(F)F)cc1C#N. The Morgan fingerprint density at radius 2 is 1.90 bits per heavy atom. The summed E-state index contributed by atoms with van der Waals surface area (Å²) in [6, 6.07) is 4.66. The number of anilines is 1. The van der Waals surface area contributed by atoms with Gasteiger partial charge in [-0.1, -0.05) is 20.8 Å². The maximum absolute atomic E-state index is 12.6. The summed E-state index contributed by atoms with van der Waals surface area (Å²) in [5.74, 6) is 0. The van der Waals surface area contributed by atoms with Gasteiger partial charge in [0.25, 0.3) is 0 Å². The average Bonchev–Trinajstić information content (AvgIpc) is 2.36. The third kappa shape index (κ3) is 4.64. The molecule has 2 N–H and O–H groups in total. The lowest BCUT2D eigenvalue weighted by molar-refractivity contribution is -0.137. The summed E-state index contributed by atoms with van der Waals surface area (Å²) in [5, 5.41) is 21.2. The quantitative estimate of drug-likeness (QED) is 0.889. The minimum atomic E-state index is -4.47. The molecule has 1 rings (SSSR count). The number of rotatable bonds is 4. The molecule has 6 heteroatoms. The van der Waals surface area contributed by atoms with Crippen LogP contribution in [0.25, 0.3) is 0 Å². The van der Waals surface area contributed by atoms with E-state index in [-0.39, 0.29) is 23.6 Å². The van der Waals surface area contributed by atoms with Crippen LogP contribution in [0.15, 0.2) is 18.2 Å². The maximum Gasteiger partial charge on any atom is 0.416 e. The van der Waals surface area contributed by atoms with Gasteiger partial charge >= 0.3 is 6.18 Å². The van der Waals surface area contributed by atoms with Gasteiger partial charge in [-0.15, -0.1) is 0 Å². The van der Waals surface area contributed by atoms with E-state index in [2.05, 4.69) is 5.32 Å². The number of alkyl halides is 3. The molecule has 1 unspecified atom stereocenters. The summed E-state index contributed by atoms with van der Waals surface area (Å²) in [7, 11) is 0. The standard InChI is InChI=1S/C15H19F3N2O/c1-14(2,3)13(6-7-21)20-12-5-4-11(15(16,17)18)8-10(12)9-19/h4-5,8,13,20-21H,6-7H2,1-3H3. The number of hydrogen-bond acceptors (Lipinski definition) is 3. The summed E-state index contributed by atoms with van der Waals surface area (Å²) in [6.07, 6.45) is -4.03. The lowest BCUT2D eigenvalue weighted by Gasteiger charge is -2.32. The van der Waals surface area contributed by atoms with Crippen molar-refractivity contribution in [3.05, 3.63) is 29.3 Å². The molecule has 1 aromatic rings. The van der Waals surface area contributed by atoms with Crippen LogP contribution in [0.5, 0.6) is 0 Å². The molecule has 0 aromatic heterocycles. The molecule has 0 heterocycles. The van der Waals surface area contributed by atoms with Crippen molar-refractivity contribution in [1.82, 2.24) is 0 Å². The van der Waals surface area contributed by atoms with E-state index >= 15 is 0 Å². The van der Waals surface area contributed by atoms with Crippen molar-refractivity contribution in [1.29, 1.82) is 5.26 Å². The van der Waals surface area contributed by atoms with Crippen molar-refractivity contribution in [2.75, 3.05) is 11.9 Å². The van der Waals surface area contributed by atoms with Crippen LogP contribution in [0.1, 0.15) is 38.3 Å². The molecule has 0 spiro atoms. The largest absolute Gasteiger partial charge is 0.416 e. The third-order valence-electron chi connectivity index (χ3n) is 3.26. The zero-order valence-corrected chi connectivity index (χ0v) is 12.3. The Hall–Kier alpha value is -1.74.